The Hall–Kier alpha value is 1.48. The molecule has 0 N–H and O–H groups in total. The summed E-state index contributed by atoms with van der Waals surface area (Å²) in [5, 5.41) is 0. The minimum atomic E-state index is -2.99. The molecule has 0 aliphatic carbocycles. The molecule has 0 aliphatic rings. The van der Waals surface area contributed by atoms with Crippen LogP contribution in [0.4, 0.5) is 4.53 Å². The Morgan fingerprint density at radius 3 is 1.67 bits per heavy atom. The predicted octanol–water partition coefficient (Wildman–Crippen LogP) is -2.88. The number of rotatable bonds is 1. The van der Waals surface area contributed by atoms with Crippen molar-refractivity contribution in [1.29, 1.82) is 0 Å². The molecule has 0 radical (unpaired) electrons. The summed E-state index contributed by atoms with van der Waals surface area (Å²) in [7, 11) is -2.99. The van der Waals surface area contributed by atoms with Crippen molar-refractivity contribution in [3.8, 4) is 0 Å². The summed E-state index contributed by atoms with van der Waals surface area (Å²) >= 11 is 0. The molecule has 0 saturated heterocycles. The molecule has 0 heterocycles. The van der Waals surface area contributed by atoms with Gasteiger partial charge in [0.1, 0.15) is 0 Å². The maximum absolute atomic E-state index is 10.0. The van der Waals surface area contributed by atoms with Crippen molar-refractivity contribution in [1.82, 2.24) is 0 Å². The molecule has 0 bridgehead atoms. The van der Waals surface area contributed by atoms with E-state index in [0.717, 1.165) is 0 Å². The van der Waals surface area contributed by atoms with Gasteiger partial charge in [0.15, 0.2) is 0 Å². The second kappa shape index (κ2) is 6.48. The van der Waals surface area contributed by atoms with Gasteiger partial charge in [-0.3, -0.25) is 0 Å². The third kappa shape index (κ3) is 9.08. The largest absolute Gasteiger partial charge is 1.00 e. The number of hydrogen-bond donors (Lipinski definition) is 0. The second-order valence-corrected chi connectivity index (χ2v) is 0.801. The van der Waals surface area contributed by atoms with E-state index >= 15 is 0 Å². The van der Waals surface area contributed by atoms with Gasteiger partial charge >= 0.3 is 51.4 Å². The Bertz CT molecular complexity index is 68.9. The summed E-state index contributed by atoms with van der Waals surface area (Å²) in [6.45, 7) is 0. The van der Waals surface area contributed by atoms with Crippen LogP contribution in [0, 0.1) is 0 Å². The smallest absolute Gasteiger partial charge is 0.394 e. The van der Waals surface area contributed by atoms with Crippen LogP contribution in [0.1, 0.15) is 0 Å². The Labute approximate surface area is 78.3 Å². The van der Waals surface area contributed by atoms with E-state index < -0.39 is 11.0 Å². The summed E-state index contributed by atoms with van der Waals surface area (Å²) < 4.78 is 29.7. The Morgan fingerprint density at radius 2 is 1.67 bits per heavy atom. The van der Waals surface area contributed by atoms with Gasteiger partial charge in [0.2, 0.25) is 0 Å². The van der Waals surface area contributed by atoms with Crippen LogP contribution >= 0.6 is 0 Å². The van der Waals surface area contributed by atoms with Crippen LogP contribution in [0.25, 0.3) is 0 Å². The summed E-state index contributed by atoms with van der Waals surface area (Å²) in [5.41, 5.74) is 0. The van der Waals surface area contributed by atoms with Crippen LogP contribution in [-0.4, -0.2) is 0 Å². The van der Waals surface area contributed by atoms with Gasteiger partial charge < -0.3 is 8.42 Å². The van der Waals surface area contributed by atoms with Crippen molar-refractivity contribution in [3.05, 3.63) is 0 Å². The Balaban J connectivity index is 0. The fourth-order valence-electron chi connectivity index (χ4n) is 0. The first-order chi connectivity index (χ1) is 2.27. The molecule has 0 amide bonds. The third-order valence-electron chi connectivity index (χ3n) is 0.0514. The summed E-state index contributed by atoms with van der Waals surface area (Å²) in [6.07, 6.45) is 0. The maximum Gasteiger partial charge on any atom is 1.00 e. The van der Waals surface area contributed by atoms with Crippen LogP contribution in [0.2, 0.25) is 0 Å². The van der Waals surface area contributed by atoms with E-state index in [-0.39, 0.29) is 51.4 Å². The monoisotopic (exact) mass is 138 g/mol. The quantitative estimate of drug-likeness (QED) is 0.289. The molecule has 6 heavy (non-hydrogen) atoms. The zero-order chi connectivity index (χ0) is 4.28. The molecule has 0 unspecified atom stereocenters. The van der Waals surface area contributed by atoms with Gasteiger partial charge in [0.05, 0.1) is 11.0 Å². The Kier molecular flexibility index (Phi) is 11.3. The van der Waals surface area contributed by atoms with Crippen molar-refractivity contribution >= 4 is 11.0 Å². The van der Waals surface area contributed by atoms with Crippen LogP contribution in [0.5, 0.6) is 0 Å². The van der Waals surface area contributed by atoms with E-state index in [1.54, 1.807) is 0 Å². The third-order valence-corrected chi connectivity index (χ3v) is 0.154. The average Bonchev–Trinajstić information content (AvgIpc) is 1.38. The van der Waals surface area contributed by atoms with Gasteiger partial charge in [-0.2, -0.15) is 0 Å². The molecule has 0 aromatic carbocycles. The van der Waals surface area contributed by atoms with Crippen molar-refractivity contribution in [3.63, 3.8) is 0 Å². The molecule has 0 spiro atoms. The first-order valence-electron chi connectivity index (χ1n) is 0.654. The van der Waals surface area contributed by atoms with Gasteiger partial charge in [-0.1, -0.05) is 4.53 Å². The minimum absolute atomic E-state index is 0. The van der Waals surface area contributed by atoms with E-state index in [4.69, 9.17) is 8.42 Å². The van der Waals surface area contributed by atoms with E-state index in [9.17, 15) is 4.53 Å². The van der Waals surface area contributed by atoms with Gasteiger partial charge in [0.25, 0.3) is 0 Å². The topological polar surface area (TPSA) is 43.4 Å². The molecule has 32 valence electrons. The molecule has 0 aromatic rings. The average molecular weight is 138 g/mol. The molecule has 0 saturated carbocycles. The normalized spacial score (nSPS) is 7.67. The number of halogens is 1. The second-order valence-electron chi connectivity index (χ2n) is 0.267. The Morgan fingerprint density at radius 1 is 1.50 bits per heavy atom. The predicted molar refractivity (Wildman–Crippen MR) is 10.9 cm³/mol. The van der Waals surface area contributed by atoms with Crippen LogP contribution in [0.3, 0.4) is 0 Å². The van der Waals surface area contributed by atoms with Crippen LogP contribution < -0.4 is 51.4 Å². The summed E-state index contributed by atoms with van der Waals surface area (Å²) in [5.74, 6) is 0. The van der Waals surface area contributed by atoms with E-state index in [2.05, 4.69) is 4.39 Å². The standard InChI is InChI=1S/FO3S.K/c1-4-5(2)3;/q-1;+1. The molecular weight excluding hydrogens is 138 g/mol. The van der Waals surface area contributed by atoms with Crippen molar-refractivity contribution < 1.29 is 68.7 Å². The van der Waals surface area contributed by atoms with Crippen molar-refractivity contribution in [2.45, 2.75) is 0 Å². The first-order valence-corrected chi connectivity index (χ1v) is 1.65. The molecule has 6 heteroatoms. The van der Waals surface area contributed by atoms with Gasteiger partial charge in [-0.15, -0.1) is 0 Å². The van der Waals surface area contributed by atoms with Crippen molar-refractivity contribution in [2.75, 3.05) is 0 Å². The van der Waals surface area contributed by atoms with Crippen molar-refractivity contribution in [2.24, 2.45) is 0 Å². The maximum atomic E-state index is 10.0. The number of hydrogen-bond acceptors (Lipinski definition) is 4. The summed E-state index contributed by atoms with van der Waals surface area (Å²) in [4.78, 5) is 0. The molecule has 0 rings (SSSR count). The zero-order valence-electron chi connectivity index (χ0n) is 3.01. The van der Waals surface area contributed by atoms with Gasteiger partial charge in [0, 0.05) is 0 Å². The van der Waals surface area contributed by atoms with Crippen LogP contribution in [0.15, 0.2) is 0 Å². The molecule has 0 aromatic heterocycles. The first kappa shape index (κ1) is 10.5. The molecule has 0 atom stereocenters. The van der Waals surface area contributed by atoms with Crippen LogP contribution in [-0.2, 0) is 23.8 Å². The zero-order valence-corrected chi connectivity index (χ0v) is 6.95. The fraction of sp³-hybridized carbons (Fsp3) is 0. The molecular formula is FKO3S. The van der Waals surface area contributed by atoms with E-state index in [1.807, 2.05) is 0 Å². The summed E-state index contributed by atoms with van der Waals surface area (Å²) in [6, 6.07) is 0. The van der Waals surface area contributed by atoms with Gasteiger partial charge in [-0.25, -0.2) is 4.39 Å². The minimum Gasteiger partial charge on any atom is -0.394 e. The fourth-order valence-corrected chi connectivity index (χ4v) is 0. The molecule has 0 aliphatic heterocycles. The van der Waals surface area contributed by atoms with E-state index in [1.165, 1.54) is 0 Å². The molecule has 3 nitrogen and oxygen atoms in total. The van der Waals surface area contributed by atoms with E-state index in [0.29, 0.717) is 0 Å². The molecule has 0 fully saturated rings. The SMILES string of the molecule is O=[S-](=O)OF.[K+]. The van der Waals surface area contributed by atoms with Gasteiger partial charge in [-0.05, 0) is 0 Å².